The fourth-order valence-corrected chi connectivity index (χ4v) is 3.53. The van der Waals surface area contributed by atoms with Crippen molar-refractivity contribution >= 4 is 27.0 Å². The Morgan fingerprint density at radius 1 is 1.12 bits per heavy atom. The Balaban J connectivity index is 1.95. The molecule has 1 heterocycles. The summed E-state index contributed by atoms with van der Waals surface area (Å²) in [7, 11) is -3.76. The molecule has 2 N–H and O–H groups in total. The summed E-state index contributed by atoms with van der Waals surface area (Å²) >= 11 is 0. The predicted octanol–water partition coefficient (Wildman–Crippen LogP) is 2.85. The minimum atomic E-state index is -3.76. The lowest BCUT2D eigenvalue weighted by molar-refractivity contribution is -0.136. The molecule has 0 saturated heterocycles. The molecule has 0 aliphatic carbocycles. The number of sulfonamides is 1. The summed E-state index contributed by atoms with van der Waals surface area (Å²) in [6, 6.07) is 13.9. The Morgan fingerprint density at radius 3 is 2.71 bits per heavy atom. The van der Waals surface area contributed by atoms with E-state index in [1.807, 2.05) is 30.3 Å². The van der Waals surface area contributed by atoms with E-state index in [1.54, 1.807) is 18.4 Å². The van der Waals surface area contributed by atoms with Crippen LogP contribution in [0, 0.1) is 0 Å². The molecule has 6 nitrogen and oxygen atoms in total. The Bertz CT molecular complexity index is 991. The molecule has 0 atom stereocenters. The second-order valence-electron chi connectivity index (χ2n) is 5.21. The number of furan rings is 1. The third kappa shape index (κ3) is 3.32. The van der Waals surface area contributed by atoms with Gasteiger partial charge in [-0.2, -0.15) is 0 Å². The van der Waals surface area contributed by atoms with Crippen molar-refractivity contribution in [1.82, 2.24) is 4.72 Å². The van der Waals surface area contributed by atoms with Crippen LogP contribution in [0.15, 0.2) is 64.1 Å². The maximum absolute atomic E-state index is 12.3. The molecular weight excluding hydrogens is 330 g/mol. The van der Waals surface area contributed by atoms with Crippen LogP contribution in [0.4, 0.5) is 0 Å². The predicted molar refractivity (Wildman–Crippen MR) is 89.1 cm³/mol. The summed E-state index contributed by atoms with van der Waals surface area (Å²) < 4.78 is 32.2. The molecule has 0 saturated carbocycles. The third-order valence-corrected chi connectivity index (χ3v) is 5.04. The van der Waals surface area contributed by atoms with Crippen molar-refractivity contribution in [2.75, 3.05) is 6.54 Å². The van der Waals surface area contributed by atoms with Gasteiger partial charge in [-0.05, 0) is 35.4 Å². The Labute approximate surface area is 138 Å². The quantitative estimate of drug-likeness (QED) is 0.716. The van der Waals surface area contributed by atoms with Crippen LogP contribution in [-0.4, -0.2) is 26.0 Å². The zero-order chi connectivity index (χ0) is 17.2. The highest BCUT2D eigenvalue weighted by molar-refractivity contribution is 7.89. The van der Waals surface area contributed by atoms with E-state index in [1.165, 1.54) is 6.07 Å². The monoisotopic (exact) mass is 345 g/mol. The second-order valence-corrected chi connectivity index (χ2v) is 6.97. The van der Waals surface area contributed by atoms with Crippen LogP contribution in [-0.2, 0) is 14.8 Å². The molecule has 0 radical (unpaired) electrons. The van der Waals surface area contributed by atoms with Gasteiger partial charge in [0.05, 0.1) is 17.6 Å². The molecule has 0 aliphatic rings. The molecule has 3 aromatic rings. The van der Waals surface area contributed by atoms with Crippen molar-refractivity contribution in [1.29, 1.82) is 0 Å². The van der Waals surface area contributed by atoms with Gasteiger partial charge in [0.1, 0.15) is 5.58 Å². The van der Waals surface area contributed by atoms with Crippen LogP contribution >= 0.6 is 0 Å². The van der Waals surface area contributed by atoms with Crippen LogP contribution in [0.5, 0.6) is 0 Å². The number of carbonyl (C=O) groups is 1. The number of nitrogens with one attached hydrogen (secondary N) is 1. The van der Waals surface area contributed by atoms with Crippen LogP contribution < -0.4 is 4.72 Å². The van der Waals surface area contributed by atoms with Gasteiger partial charge in [-0.1, -0.05) is 24.3 Å². The molecular formula is C17H15NO5S. The van der Waals surface area contributed by atoms with Crippen molar-refractivity contribution in [3.8, 4) is 11.1 Å². The fraction of sp³-hybridized carbons (Fsp3) is 0.118. The lowest BCUT2D eigenvalue weighted by Gasteiger charge is -2.08. The Morgan fingerprint density at radius 2 is 1.92 bits per heavy atom. The zero-order valence-electron chi connectivity index (χ0n) is 12.6. The maximum Gasteiger partial charge on any atom is 0.304 e. The largest absolute Gasteiger partial charge is 0.481 e. The van der Waals surface area contributed by atoms with Gasteiger partial charge in [0, 0.05) is 11.9 Å². The molecule has 7 heteroatoms. The second kappa shape index (κ2) is 6.46. The van der Waals surface area contributed by atoms with E-state index in [0.717, 1.165) is 22.1 Å². The van der Waals surface area contributed by atoms with Gasteiger partial charge in [-0.3, -0.25) is 4.79 Å². The van der Waals surface area contributed by atoms with Crippen molar-refractivity contribution in [2.45, 2.75) is 11.3 Å². The van der Waals surface area contributed by atoms with Gasteiger partial charge in [-0.25, -0.2) is 13.1 Å². The molecule has 0 bridgehead atoms. The summed E-state index contributed by atoms with van der Waals surface area (Å²) in [6.07, 6.45) is 1.31. The third-order valence-electron chi connectivity index (χ3n) is 3.58. The molecule has 0 unspecified atom stereocenters. The normalized spacial score (nSPS) is 11.7. The molecule has 1 aromatic heterocycles. The topological polar surface area (TPSA) is 96.6 Å². The molecule has 3 rings (SSSR count). The molecule has 0 aliphatic heterocycles. The molecule has 124 valence electrons. The first-order valence-corrected chi connectivity index (χ1v) is 8.74. The van der Waals surface area contributed by atoms with E-state index in [-0.39, 0.29) is 17.9 Å². The van der Waals surface area contributed by atoms with Crippen molar-refractivity contribution in [3.05, 3.63) is 54.8 Å². The van der Waals surface area contributed by atoms with Crippen molar-refractivity contribution < 1.29 is 22.7 Å². The van der Waals surface area contributed by atoms with E-state index in [4.69, 9.17) is 9.52 Å². The highest BCUT2D eigenvalue weighted by Crippen LogP contribution is 2.30. The summed E-state index contributed by atoms with van der Waals surface area (Å²) in [5.41, 5.74) is 2.33. The summed E-state index contributed by atoms with van der Waals surface area (Å²) in [5.74, 6) is -1.06. The number of carboxylic acids is 1. The molecule has 2 aromatic carbocycles. The van der Waals surface area contributed by atoms with E-state index >= 15 is 0 Å². The van der Waals surface area contributed by atoms with Crippen molar-refractivity contribution in [2.24, 2.45) is 0 Å². The van der Waals surface area contributed by atoms with Gasteiger partial charge in [-0.15, -0.1) is 0 Å². The highest BCUT2D eigenvalue weighted by Gasteiger charge is 2.15. The average molecular weight is 345 g/mol. The molecule has 0 spiro atoms. The van der Waals surface area contributed by atoms with Gasteiger partial charge in [0.2, 0.25) is 10.0 Å². The Hall–Kier alpha value is -2.64. The minimum Gasteiger partial charge on any atom is -0.481 e. The van der Waals surface area contributed by atoms with E-state index in [0.29, 0.717) is 0 Å². The number of hydrogen-bond acceptors (Lipinski definition) is 4. The summed E-state index contributed by atoms with van der Waals surface area (Å²) in [6.45, 7) is -0.154. The Kier molecular flexibility index (Phi) is 4.37. The number of hydrogen-bond donors (Lipinski definition) is 2. The first-order chi connectivity index (χ1) is 11.5. The van der Waals surface area contributed by atoms with E-state index in [9.17, 15) is 13.2 Å². The SMILES string of the molecule is O=C(O)CCNS(=O)(=O)c1cccc(-c2cccc3occc23)c1. The number of aliphatic carboxylic acids is 1. The zero-order valence-corrected chi connectivity index (χ0v) is 13.4. The van der Waals surface area contributed by atoms with Crippen LogP contribution in [0.1, 0.15) is 6.42 Å². The number of rotatable bonds is 6. The fourth-order valence-electron chi connectivity index (χ4n) is 2.45. The van der Waals surface area contributed by atoms with Crippen LogP contribution in [0.3, 0.4) is 0 Å². The minimum absolute atomic E-state index is 0.0888. The van der Waals surface area contributed by atoms with Gasteiger partial charge in [0.15, 0.2) is 0 Å². The lowest BCUT2D eigenvalue weighted by atomic mass is 10.0. The molecule has 0 fully saturated rings. The maximum atomic E-state index is 12.3. The van der Waals surface area contributed by atoms with Crippen molar-refractivity contribution in [3.63, 3.8) is 0 Å². The first-order valence-electron chi connectivity index (χ1n) is 7.25. The number of fused-ring (bicyclic) bond motifs is 1. The standard InChI is InChI=1S/C17H15NO5S/c19-17(20)7-9-18-24(21,22)13-4-1-3-12(11-13)14-5-2-6-16-15(14)8-10-23-16/h1-6,8,10-11,18H,7,9H2,(H,19,20). The average Bonchev–Trinajstić information content (AvgIpc) is 3.03. The van der Waals surface area contributed by atoms with E-state index in [2.05, 4.69) is 4.72 Å². The lowest BCUT2D eigenvalue weighted by Crippen LogP contribution is -2.26. The summed E-state index contributed by atoms with van der Waals surface area (Å²) in [5, 5.41) is 9.50. The van der Waals surface area contributed by atoms with Gasteiger partial charge < -0.3 is 9.52 Å². The number of benzene rings is 2. The van der Waals surface area contributed by atoms with Gasteiger partial charge >= 0.3 is 5.97 Å². The highest BCUT2D eigenvalue weighted by atomic mass is 32.2. The van der Waals surface area contributed by atoms with Crippen LogP contribution in [0.25, 0.3) is 22.1 Å². The first kappa shape index (κ1) is 16.2. The summed E-state index contributed by atoms with van der Waals surface area (Å²) in [4.78, 5) is 10.6. The van der Waals surface area contributed by atoms with Gasteiger partial charge in [0.25, 0.3) is 0 Å². The number of carboxylic acid groups (broad SMARTS) is 1. The molecule has 24 heavy (non-hydrogen) atoms. The van der Waals surface area contributed by atoms with Crippen LogP contribution in [0.2, 0.25) is 0 Å². The smallest absolute Gasteiger partial charge is 0.304 e. The van der Waals surface area contributed by atoms with E-state index < -0.39 is 16.0 Å². The molecule has 0 amide bonds.